The standard InChI is InChI=1S/C36H78N12O/c37-25-17-9-1-5-13-21-29-47(30-22-14-6-2-10-18-26-44-33(38)39)36(49)48(31-23-15-7-3-11-19-27-45-34(40)41)32-24-16-8-4-12-20-28-46-35(42)43/h1-32,37H2,(H4,38,39,44)(H4,40,41,45)(H4,42,43,46). The zero-order valence-corrected chi connectivity index (χ0v) is 31.3. The quantitative estimate of drug-likeness (QED) is 0.0274. The molecule has 0 atom stereocenters. The third kappa shape index (κ3) is 33.3. The van der Waals surface area contributed by atoms with Crippen LogP contribution in [0.4, 0.5) is 4.79 Å². The topological polar surface area (TPSA) is 243 Å². The van der Waals surface area contributed by atoms with Crippen molar-refractivity contribution in [1.82, 2.24) is 9.80 Å². The fourth-order valence-electron chi connectivity index (χ4n) is 5.95. The number of urea groups is 1. The summed E-state index contributed by atoms with van der Waals surface area (Å²) in [6, 6.07) is 0.231. The molecule has 288 valence electrons. The van der Waals surface area contributed by atoms with Crippen LogP contribution >= 0.6 is 0 Å². The van der Waals surface area contributed by atoms with Crippen LogP contribution in [0.25, 0.3) is 0 Å². The van der Waals surface area contributed by atoms with Gasteiger partial charge in [-0.25, -0.2) is 4.79 Å². The summed E-state index contributed by atoms with van der Waals surface area (Å²) < 4.78 is 0. The maximum Gasteiger partial charge on any atom is 0.319 e. The molecular formula is C36H78N12O. The summed E-state index contributed by atoms with van der Waals surface area (Å²) in [5.41, 5.74) is 38.2. The SMILES string of the molecule is NCCCCCCCCN(CCCCCCCCN=C(N)N)C(=O)N(CCCCCCCCN=C(N)N)CCCCCCCCN=C(N)N. The molecule has 0 aromatic heterocycles. The molecule has 0 aromatic rings. The lowest BCUT2D eigenvalue weighted by molar-refractivity contribution is 0.148. The van der Waals surface area contributed by atoms with Gasteiger partial charge in [-0.2, -0.15) is 0 Å². The van der Waals surface area contributed by atoms with E-state index in [4.69, 9.17) is 40.1 Å². The van der Waals surface area contributed by atoms with E-state index in [1.807, 2.05) is 0 Å². The van der Waals surface area contributed by atoms with Gasteiger partial charge in [-0.15, -0.1) is 0 Å². The van der Waals surface area contributed by atoms with E-state index in [1.165, 1.54) is 57.8 Å². The van der Waals surface area contributed by atoms with Gasteiger partial charge in [-0.1, -0.05) is 103 Å². The predicted molar refractivity (Wildman–Crippen MR) is 210 cm³/mol. The van der Waals surface area contributed by atoms with Crippen molar-refractivity contribution in [3.63, 3.8) is 0 Å². The highest BCUT2D eigenvalue weighted by atomic mass is 16.2. The molecule has 0 saturated carbocycles. The number of unbranched alkanes of at least 4 members (excludes halogenated alkanes) is 20. The van der Waals surface area contributed by atoms with Gasteiger partial charge in [0.25, 0.3) is 0 Å². The molecule has 49 heavy (non-hydrogen) atoms. The van der Waals surface area contributed by atoms with Crippen LogP contribution in [0.15, 0.2) is 15.0 Å². The van der Waals surface area contributed by atoms with E-state index in [1.54, 1.807) is 0 Å². The van der Waals surface area contributed by atoms with Crippen LogP contribution in [-0.4, -0.2) is 86.1 Å². The third-order valence-electron chi connectivity index (χ3n) is 8.81. The van der Waals surface area contributed by atoms with Crippen molar-refractivity contribution >= 4 is 23.9 Å². The first kappa shape index (κ1) is 46.0. The molecule has 0 unspecified atom stereocenters. The largest absolute Gasteiger partial charge is 0.370 e. The smallest absolute Gasteiger partial charge is 0.319 e. The first-order chi connectivity index (χ1) is 23.8. The van der Waals surface area contributed by atoms with Gasteiger partial charge in [0.2, 0.25) is 0 Å². The van der Waals surface area contributed by atoms with E-state index in [2.05, 4.69) is 24.8 Å². The molecule has 0 heterocycles. The van der Waals surface area contributed by atoms with Gasteiger partial charge in [0, 0.05) is 45.8 Å². The van der Waals surface area contributed by atoms with Crippen molar-refractivity contribution < 1.29 is 4.79 Å². The monoisotopic (exact) mass is 695 g/mol. The van der Waals surface area contributed by atoms with Crippen LogP contribution in [0, 0.1) is 0 Å². The number of nitrogens with zero attached hydrogens (tertiary/aromatic N) is 5. The van der Waals surface area contributed by atoms with Gasteiger partial charge in [0.15, 0.2) is 17.9 Å². The van der Waals surface area contributed by atoms with Crippen LogP contribution < -0.4 is 40.1 Å². The normalized spacial score (nSPS) is 10.9. The van der Waals surface area contributed by atoms with Crippen LogP contribution in [-0.2, 0) is 0 Å². The summed E-state index contributed by atoms with van der Waals surface area (Å²) in [6.07, 6.45) is 26.9. The van der Waals surface area contributed by atoms with E-state index >= 15 is 0 Å². The molecule has 0 spiro atoms. The number of rotatable bonds is 35. The Labute approximate surface area is 299 Å². The highest BCUT2D eigenvalue weighted by Crippen LogP contribution is 2.14. The summed E-state index contributed by atoms with van der Waals surface area (Å²) in [7, 11) is 0. The first-order valence-corrected chi connectivity index (χ1v) is 19.7. The molecule has 0 aliphatic rings. The molecule has 0 radical (unpaired) electrons. The molecule has 13 nitrogen and oxygen atoms in total. The summed E-state index contributed by atoms with van der Waals surface area (Å²) in [5, 5.41) is 0. The number of hydrogen-bond donors (Lipinski definition) is 7. The van der Waals surface area contributed by atoms with E-state index < -0.39 is 0 Å². The predicted octanol–water partition coefficient (Wildman–Crippen LogP) is 4.85. The lowest BCUT2D eigenvalue weighted by atomic mass is 10.1. The number of nitrogens with two attached hydrogens (primary N) is 7. The molecule has 0 bridgehead atoms. The second-order valence-corrected chi connectivity index (χ2v) is 13.5. The Morgan fingerprint density at radius 1 is 0.347 bits per heavy atom. The van der Waals surface area contributed by atoms with Crippen LogP contribution in [0.2, 0.25) is 0 Å². The van der Waals surface area contributed by atoms with E-state index in [9.17, 15) is 4.79 Å². The van der Waals surface area contributed by atoms with Gasteiger partial charge in [-0.3, -0.25) is 15.0 Å². The van der Waals surface area contributed by atoms with Crippen molar-refractivity contribution in [1.29, 1.82) is 0 Å². The number of aliphatic imine (C=N–C) groups is 3. The zero-order valence-electron chi connectivity index (χ0n) is 31.3. The Kier molecular flexibility index (Phi) is 32.8. The highest BCUT2D eigenvalue weighted by Gasteiger charge is 2.20. The molecule has 0 rings (SSSR count). The van der Waals surface area contributed by atoms with E-state index in [0.29, 0.717) is 19.6 Å². The van der Waals surface area contributed by atoms with Crippen LogP contribution in [0.1, 0.15) is 154 Å². The van der Waals surface area contributed by atoms with Crippen molar-refractivity contribution in [2.75, 3.05) is 52.4 Å². The summed E-state index contributed by atoms with van der Waals surface area (Å²) in [6.45, 7) is 6.21. The molecule has 2 amide bonds. The second kappa shape index (κ2) is 34.9. The van der Waals surface area contributed by atoms with Gasteiger partial charge in [0.1, 0.15) is 0 Å². The Balaban J connectivity index is 4.99. The maximum atomic E-state index is 14.1. The fraction of sp³-hybridized carbons (Fsp3) is 0.889. The first-order valence-electron chi connectivity index (χ1n) is 19.7. The summed E-state index contributed by atoms with van der Waals surface area (Å²) in [5.74, 6) is 0.502. The van der Waals surface area contributed by atoms with Crippen molar-refractivity contribution in [2.24, 2.45) is 55.1 Å². The fourth-order valence-corrected chi connectivity index (χ4v) is 5.95. The minimum atomic E-state index is 0.167. The molecule has 14 N–H and O–H groups in total. The number of amides is 2. The molecule has 0 aliphatic heterocycles. The lowest BCUT2D eigenvalue weighted by Crippen LogP contribution is -2.45. The summed E-state index contributed by atoms with van der Waals surface area (Å²) in [4.78, 5) is 30.6. The van der Waals surface area contributed by atoms with Gasteiger partial charge in [-0.05, 0) is 57.9 Å². The van der Waals surface area contributed by atoms with Gasteiger partial charge >= 0.3 is 6.03 Å². The van der Waals surface area contributed by atoms with Crippen molar-refractivity contribution in [2.45, 2.75) is 154 Å². The molecule has 13 heteroatoms. The van der Waals surface area contributed by atoms with E-state index in [-0.39, 0.29) is 23.9 Å². The molecular weight excluding hydrogens is 616 g/mol. The number of carbonyl (C=O) groups excluding carboxylic acids is 1. The average Bonchev–Trinajstić information content (AvgIpc) is 3.06. The van der Waals surface area contributed by atoms with Crippen molar-refractivity contribution in [3.8, 4) is 0 Å². The third-order valence-corrected chi connectivity index (χ3v) is 8.81. The number of hydrogen-bond acceptors (Lipinski definition) is 5. The van der Waals surface area contributed by atoms with Gasteiger partial charge < -0.3 is 49.9 Å². The Morgan fingerprint density at radius 3 is 0.816 bits per heavy atom. The molecule has 0 aromatic carbocycles. The van der Waals surface area contributed by atoms with Crippen molar-refractivity contribution in [3.05, 3.63) is 0 Å². The van der Waals surface area contributed by atoms with Gasteiger partial charge in [0.05, 0.1) is 0 Å². The zero-order chi connectivity index (χ0) is 36.2. The minimum absolute atomic E-state index is 0.167. The molecule has 0 fully saturated rings. The second-order valence-electron chi connectivity index (χ2n) is 13.5. The number of guanidine groups is 3. The maximum absolute atomic E-state index is 14.1. The lowest BCUT2D eigenvalue weighted by Gasteiger charge is -2.31. The van der Waals surface area contributed by atoms with Crippen LogP contribution in [0.5, 0.6) is 0 Å². The highest BCUT2D eigenvalue weighted by molar-refractivity contribution is 5.76. The summed E-state index contributed by atoms with van der Waals surface area (Å²) >= 11 is 0. The molecule has 0 aliphatic carbocycles. The Morgan fingerprint density at radius 2 is 0.571 bits per heavy atom. The Bertz CT molecular complexity index is 806. The molecule has 0 saturated heterocycles. The van der Waals surface area contributed by atoms with E-state index in [0.717, 1.165) is 129 Å². The Hall–Kier alpha value is -2.96. The average molecular weight is 695 g/mol. The minimum Gasteiger partial charge on any atom is -0.370 e. The van der Waals surface area contributed by atoms with Crippen LogP contribution in [0.3, 0.4) is 0 Å². The number of carbonyl (C=O) groups is 1.